The number of hydrogen-bond donors (Lipinski definition) is 2. The maximum Gasteiger partial charge on any atom is 0.253 e. The second kappa shape index (κ2) is 7.19. The Labute approximate surface area is 118 Å². The minimum absolute atomic E-state index is 0.150. The van der Waals surface area contributed by atoms with Crippen LogP contribution in [0.5, 0.6) is 5.75 Å². The van der Waals surface area contributed by atoms with E-state index in [0.717, 1.165) is 12.2 Å². The Balaban J connectivity index is 1.69. The summed E-state index contributed by atoms with van der Waals surface area (Å²) < 4.78 is 5.54. The van der Waals surface area contributed by atoms with Crippen LogP contribution in [0.3, 0.4) is 0 Å². The first kappa shape index (κ1) is 13.9. The molecule has 0 aliphatic carbocycles. The third-order valence-corrected chi connectivity index (χ3v) is 2.82. The zero-order valence-electron chi connectivity index (χ0n) is 11.2. The van der Waals surface area contributed by atoms with Gasteiger partial charge in [-0.15, -0.1) is 0 Å². The second-order valence-corrected chi connectivity index (χ2v) is 4.36. The Morgan fingerprint density at radius 3 is 2.50 bits per heavy atom. The van der Waals surface area contributed by atoms with Crippen LogP contribution in [0.15, 0.2) is 54.6 Å². The number of amides is 1. The van der Waals surface area contributed by atoms with Crippen molar-refractivity contribution in [3.05, 3.63) is 60.2 Å². The van der Waals surface area contributed by atoms with Gasteiger partial charge in [-0.2, -0.15) is 0 Å². The lowest BCUT2D eigenvalue weighted by Gasteiger charge is -2.08. The number of nitrogen functional groups attached to an aromatic ring is 1. The van der Waals surface area contributed by atoms with Crippen molar-refractivity contribution in [2.45, 2.75) is 6.42 Å². The van der Waals surface area contributed by atoms with Gasteiger partial charge < -0.3 is 15.8 Å². The van der Waals surface area contributed by atoms with E-state index in [4.69, 9.17) is 10.5 Å². The maximum absolute atomic E-state index is 11.9. The molecule has 2 aromatic carbocycles. The second-order valence-electron chi connectivity index (χ2n) is 4.36. The Hall–Kier alpha value is -2.49. The predicted molar refractivity (Wildman–Crippen MR) is 79.7 cm³/mol. The summed E-state index contributed by atoms with van der Waals surface area (Å²) in [6.45, 7) is 1.12. The molecule has 3 N–H and O–H groups in total. The van der Waals surface area contributed by atoms with Crippen LogP contribution in [0.4, 0.5) is 5.69 Å². The number of nitrogens with one attached hydrogen (secondary N) is 1. The van der Waals surface area contributed by atoms with E-state index in [2.05, 4.69) is 5.32 Å². The molecule has 0 bridgehead atoms. The van der Waals surface area contributed by atoms with Crippen LogP contribution in [-0.4, -0.2) is 19.1 Å². The van der Waals surface area contributed by atoms with Gasteiger partial charge >= 0.3 is 0 Å². The number of anilines is 1. The molecule has 4 nitrogen and oxygen atoms in total. The summed E-state index contributed by atoms with van der Waals surface area (Å²) in [4.78, 5) is 11.9. The molecule has 1 amide bonds. The molecule has 0 aliphatic rings. The number of para-hydroxylation sites is 2. The molecule has 104 valence electrons. The van der Waals surface area contributed by atoms with Crippen molar-refractivity contribution < 1.29 is 9.53 Å². The van der Waals surface area contributed by atoms with E-state index in [1.165, 1.54) is 0 Å². The molecule has 0 atom stereocenters. The molecule has 2 aromatic rings. The average Bonchev–Trinajstić information content (AvgIpc) is 2.48. The minimum Gasteiger partial charge on any atom is -0.494 e. The van der Waals surface area contributed by atoms with Crippen molar-refractivity contribution in [2.24, 2.45) is 0 Å². The fourth-order valence-corrected chi connectivity index (χ4v) is 1.78. The molecule has 0 saturated heterocycles. The highest BCUT2D eigenvalue weighted by Gasteiger charge is 2.07. The van der Waals surface area contributed by atoms with Gasteiger partial charge in [-0.3, -0.25) is 4.79 Å². The lowest BCUT2D eigenvalue weighted by molar-refractivity contribution is 0.0952. The average molecular weight is 270 g/mol. The zero-order chi connectivity index (χ0) is 14.2. The zero-order valence-corrected chi connectivity index (χ0v) is 11.2. The van der Waals surface area contributed by atoms with E-state index in [1.54, 1.807) is 24.3 Å². The molecular weight excluding hydrogens is 252 g/mol. The Morgan fingerprint density at radius 2 is 1.75 bits per heavy atom. The fourth-order valence-electron chi connectivity index (χ4n) is 1.78. The monoisotopic (exact) mass is 270 g/mol. The van der Waals surface area contributed by atoms with Gasteiger partial charge in [-0.05, 0) is 30.7 Å². The highest BCUT2D eigenvalue weighted by molar-refractivity contribution is 5.98. The van der Waals surface area contributed by atoms with E-state index in [1.807, 2.05) is 30.3 Å². The van der Waals surface area contributed by atoms with Gasteiger partial charge in [0, 0.05) is 12.2 Å². The topological polar surface area (TPSA) is 64.4 Å². The molecule has 2 rings (SSSR count). The van der Waals surface area contributed by atoms with Gasteiger partial charge in [0.05, 0.1) is 12.2 Å². The van der Waals surface area contributed by atoms with Gasteiger partial charge in [-0.25, -0.2) is 0 Å². The van der Waals surface area contributed by atoms with Crippen LogP contribution in [0.1, 0.15) is 16.8 Å². The van der Waals surface area contributed by atoms with Gasteiger partial charge in [0.2, 0.25) is 0 Å². The van der Waals surface area contributed by atoms with Gasteiger partial charge in [-0.1, -0.05) is 30.3 Å². The first-order valence-electron chi connectivity index (χ1n) is 6.58. The molecule has 0 fully saturated rings. The summed E-state index contributed by atoms with van der Waals surface area (Å²) >= 11 is 0. The Kier molecular flexibility index (Phi) is 5.00. The van der Waals surface area contributed by atoms with Crippen molar-refractivity contribution in [1.29, 1.82) is 0 Å². The molecule has 0 aliphatic heterocycles. The van der Waals surface area contributed by atoms with Crippen molar-refractivity contribution in [3.63, 3.8) is 0 Å². The van der Waals surface area contributed by atoms with Gasteiger partial charge in [0.15, 0.2) is 0 Å². The van der Waals surface area contributed by atoms with E-state index in [9.17, 15) is 4.79 Å². The largest absolute Gasteiger partial charge is 0.494 e. The maximum atomic E-state index is 11.9. The van der Waals surface area contributed by atoms with Crippen molar-refractivity contribution in [1.82, 2.24) is 5.32 Å². The van der Waals surface area contributed by atoms with Gasteiger partial charge in [0.1, 0.15) is 5.75 Å². The van der Waals surface area contributed by atoms with E-state index in [0.29, 0.717) is 24.4 Å². The highest BCUT2D eigenvalue weighted by Crippen LogP contribution is 2.10. The molecule has 0 saturated carbocycles. The molecule has 4 heteroatoms. The van der Waals surface area contributed by atoms with Crippen LogP contribution in [0.25, 0.3) is 0 Å². The summed E-state index contributed by atoms with van der Waals surface area (Å²) in [7, 11) is 0. The molecule has 0 aromatic heterocycles. The summed E-state index contributed by atoms with van der Waals surface area (Å²) in [6, 6.07) is 16.6. The lowest BCUT2D eigenvalue weighted by atomic mass is 10.1. The van der Waals surface area contributed by atoms with Crippen LogP contribution in [0, 0.1) is 0 Å². The highest BCUT2D eigenvalue weighted by atomic mass is 16.5. The normalized spacial score (nSPS) is 10.0. The standard InChI is InChI=1S/C16H18N2O2/c17-15-10-5-4-9-14(15)16(19)18-11-6-12-20-13-7-2-1-3-8-13/h1-5,7-10H,6,11-12,17H2,(H,18,19). The quantitative estimate of drug-likeness (QED) is 0.626. The fraction of sp³-hybridized carbons (Fsp3) is 0.188. The molecular formula is C16H18N2O2. The summed E-state index contributed by atoms with van der Waals surface area (Å²) in [5.74, 6) is 0.689. The number of carbonyl (C=O) groups is 1. The Bertz CT molecular complexity index is 555. The number of rotatable bonds is 6. The predicted octanol–water partition coefficient (Wildman–Crippen LogP) is 2.47. The number of ether oxygens (including phenoxy) is 1. The van der Waals surface area contributed by atoms with Gasteiger partial charge in [0.25, 0.3) is 5.91 Å². The third-order valence-electron chi connectivity index (χ3n) is 2.82. The van der Waals surface area contributed by atoms with Crippen molar-refractivity contribution >= 4 is 11.6 Å². The smallest absolute Gasteiger partial charge is 0.253 e. The van der Waals surface area contributed by atoms with Crippen molar-refractivity contribution in [3.8, 4) is 5.75 Å². The van der Waals surface area contributed by atoms with Crippen molar-refractivity contribution in [2.75, 3.05) is 18.9 Å². The Morgan fingerprint density at radius 1 is 1.05 bits per heavy atom. The molecule has 0 heterocycles. The van der Waals surface area contributed by atoms with Crippen LogP contribution < -0.4 is 15.8 Å². The third kappa shape index (κ3) is 4.02. The summed E-state index contributed by atoms with van der Waals surface area (Å²) in [6.07, 6.45) is 0.743. The first-order chi connectivity index (χ1) is 9.77. The number of carbonyl (C=O) groups excluding carboxylic acids is 1. The van der Waals surface area contributed by atoms with E-state index < -0.39 is 0 Å². The number of benzene rings is 2. The molecule has 0 spiro atoms. The number of nitrogens with two attached hydrogens (primary N) is 1. The molecule has 20 heavy (non-hydrogen) atoms. The summed E-state index contributed by atoms with van der Waals surface area (Å²) in [5.41, 5.74) is 6.74. The van der Waals surface area contributed by atoms with E-state index >= 15 is 0 Å². The van der Waals surface area contributed by atoms with Crippen LogP contribution in [-0.2, 0) is 0 Å². The number of hydrogen-bond acceptors (Lipinski definition) is 3. The minimum atomic E-state index is -0.150. The molecule has 0 radical (unpaired) electrons. The lowest BCUT2D eigenvalue weighted by Crippen LogP contribution is -2.26. The summed E-state index contributed by atoms with van der Waals surface area (Å²) in [5, 5.41) is 2.83. The van der Waals surface area contributed by atoms with Crippen LogP contribution in [0.2, 0.25) is 0 Å². The first-order valence-corrected chi connectivity index (χ1v) is 6.58. The van der Waals surface area contributed by atoms with Crippen LogP contribution >= 0.6 is 0 Å². The van der Waals surface area contributed by atoms with E-state index in [-0.39, 0.29) is 5.91 Å². The SMILES string of the molecule is Nc1ccccc1C(=O)NCCCOc1ccccc1. The molecule has 0 unspecified atom stereocenters.